The minimum absolute atomic E-state index is 0.0231. The van der Waals surface area contributed by atoms with Gasteiger partial charge in [-0.1, -0.05) is 24.6 Å². The van der Waals surface area contributed by atoms with Gasteiger partial charge in [0.2, 0.25) is 10.0 Å². The van der Waals surface area contributed by atoms with Gasteiger partial charge in [-0.3, -0.25) is 4.79 Å². The highest BCUT2D eigenvalue weighted by atomic mass is 32.2. The minimum Gasteiger partial charge on any atom is -0.352 e. The maximum absolute atomic E-state index is 13.2. The Morgan fingerprint density at radius 1 is 1.15 bits per heavy atom. The van der Waals surface area contributed by atoms with Crippen molar-refractivity contribution in [2.75, 3.05) is 13.1 Å². The van der Waals surface area contributed by atoms with E-state index in [-0.39, 0.29) is 16.8 Å². The maximum Gasteiger partial charge on any atom is 0.251 e. The first kappa shape index (κ1) is 23.4. The van der Waals surface area contributed by atoms with Gasteiger partial charge in [-0.2, -0.15) is 4.31 Å². The van der Waals surface area contributed by atoms with Gasteiger partial charge in [0.15, 0.2) is 0 Å². The first-order valence-electron chi connectivity index (χ1n) is 11.6. The number of carbonyl (C=O) groups excluding carboxylic acids is 1. The molecule has 33 heavy (non-hydrogen) atoms. The van der Waals surface area contributed by atoms with Crippen molar-refractivity contribution in [3.8, 4) is 0 Å². The summed E-state index contributed by atoms with van der Waals surface area (Å²) in [5, 5.41) is 2.96. The zero-order chi connectivity index (χ0) is 23.6. The Morgan fingerprint density at radius 3 is 2.73 bits per heavy atom. The number of imidazole rings is 1. The number of nitrogens with one attached hydrogen (secondary N) is 1. The number of carbonyl (C=O) groups is 1. The number of para-hydroxylation sites is 2. The maximum atomic E-state index is 13.2. The molecule has 1 saturated heterocycles. The molecular weight excluding hydrogens is 436 g/mol. The minimum atomic E-state index is -3.62. The van der Waals surface area contributed by atoms with Gasteiger partial charge < -0.3 is 9.88 Å². The van der Waals surface area contributed by atoms with Crippen molar-refractivity contribution in [2.45, 2.75) is 63.9 Å². The van der Waals surface area contributed by atoms with Crippen molar-refractivity contribution in [2.24, 2.45) is 0 Å². The predicted molar refractivity (Wildman–Crippen MR) is 130 cm³/mol. The van der Waals surface area contributed by atoms with E-state index in [2.05, 4.69) is 14.9 Å². The van der Waals surface area contributed by atoms with E-state index < -0.39 is 10.0 Å². The first-order valence-corrected chi connectivity index (χ1v) is 13.1. The molecule has 3 aromatic rings. The molecule has 1 atom stereocenters. The summed E-state index contributed by atoms with van der Waals surface area (Å²) in [6.45, 7) is 7.52. The van der Waals surface area contributed by atoms with E-state index >= 15 is 0 Å². The van der Waals surface area contributed by atoms with Gasteiger partial charge in [0, 0.05) is 31.2 Å². The summed E-state index contributed by atoms with van der Waals surface area (Å²) in [6, 6.07) is 12.8. The number of piperidine rings is 1. The van der Waals surface area contributed by atoms with Gasteiger partial charge in [-0.05, 0) is 69.9 Å². The van der Waals surface area contributed by atoms with Crippen LogP contribution in [-0.2, 0) is 16.6 Å². The van der Waals surface area contributed by atoms with Gasteiger partial charge in [-0.25, -0.2) is 13.4 Å². The Hall–Kier alpha value is -2.71. The Balaban J connectivity index is 1.42. The summed E-state index contributed by atoms with van der Waals surface area (Å²) in [4.78, 5) is 17.7. The molecule has 2 heterocycles. The quantitative estimate of drug-likeness (QED) is 0.531. The lowest BCUT2D eigenvalue weighted by atomic mass is 10.1. The molecule has 1 N–H and O–H groups in total. The molecule has 0 bridgehead atoms. The van der Waals surface area contributed by atoms with E-state index in [4.69, 9.17) is 0 Å². The van der Waals surface area contributed by atoms with Crippen LogP contribution in [0, 0.1) is 13.8 Å². The second kappa shape index (κ2) is 9.65. The summed E-state index contributed by atoms with van der Waals surface area (Å²) in [6.07, 6.45) is 3.52. The van der Waals surface area contributed by atoms with Crippen LogP contribution in [0.5, 0.6) is 0 Å². The topological polar surface area (TPSA) is 84.3 Å². The molecule has 1 unspecified atom stereocenters. The number of rotatable bonds is 7. The Morgan fingerprint density at radius 2 is 1.94 bits per heavy atom. The van der Waals surface area contributed by atoms with E-state index in [0.717, 1.165) is 54.6 Å². The third-order valence-electron chi connectivity index (χ3n) is 6.49. The highest BCUT2D eigenvalue weighted by Crippen LogP contribution is 2.26. The standard InChI is InChI=1S/C25H32N4O3S/c1-18-12-13-21(33(31,32)29-16-7-6-9-19(29)2)17-22(18)25(30)26-14-8-15-28-20(3)27-23-10-4-5-11-24(23)28/h4-5,10-13,17,19H,6-9,14-16H2,1-3H3,(H,26,30). The van der Waals surface area contributed by atoms with Crippen molar-refractivity contribution in [1.29, 1.82) is 0 Å². The number of amides is 1. The molecule has 0 spiro atoms. The third-order valence-corrected chi connectivity index (χ3v) is 8.50. The number of aryl methyl sites for hydroxylation is 3. The van der Waals surface area contributed by atoms with Crippen LogP contribution >= 0.6 is 0 Å². The lowest BCUT2D eigenvalue weighted by Crippen LogP contribution is -2.42. The lowest BCUT2D eigenvalue weighted by Gasteiger charge is -2.32. The third kappa shape index (κ3) is 4.82. The summed E-state index contributed by atoms with van der Waals surface area (Å²) in [7, 11) is -3.62. The highest BCUT2D eigenvalue weighted by molar-refractivity contribution is 7.89. The van der Waals surface area contributed by atoms with Crippen LogP contribution in [0.3, 0.4) is 0 Å². The van der Waals surface area contributed by atoms with Gasteiger partial charge in [-0.15, -0.1) is 0 Å². The average molecular weight is 469 g/mol. The van der Waals surface area contributed by atoms with Crippen molar-refractivity contribution in [3.63, 3.8) is 0 Å². The van der Waals surface area contributed by atoms with Crippen LogP contribution in [-0.4, -0.2) is 47.3 Å². The van der Waals surface area contributed by atoms with Crippen LogP contribution in [0.4, 0.5) is 0 Å². The second-order valence-corrected chi connectivity index (χ2v) is 10.7. The Kier molecular flexibility index (Phi) is 6.86. The van der Waals surface area contributed by atoms with E-state index in [0.29, 0.717) is 18.7 Å². The number of benzene rings is 2. The normalized spacial score (nSPS) is 17.4. The van der Waals surface area contributed by atoms with Crippen LogP contribution in [0.2, 0.25) is 0 Å². The van der Waals surface area contributed by atoms with Crippen LogP contribution in [0.25, 0.3) is 11.0 Å². The molecule has 4 rings (SSSR count). The molecule has 8 heteroatoms. The molecule has 1 fully saturated rings. The zero-order valence-corrected chi connectivity index (χ0v) is 20.4. The number of fused-ring (bicyclic) bond motifs is 1. The van der Waals surface area contributed by atoms with E-state index in [1.165, 1.54) is 6.07 Å². The molecule has 0 radical (unpaired) electrons. The van der Waals surface area contributed by atoms with Crippen LogP contribution in [0.1, 0.15) is 54.4 Å². The average Bonchev–Trinajstić information content (AvgIpc) is 3.11. The van der Waals surface area contributed by atoms with Crippen molar-refractivity contribution < 1.29 is 13.2 Å². The highest BCUT2D eigenvalue weighted by Gasteiger charge is 2.31. The molecule has 0 aliphatic carbocycles. The van der Waals surface area contributed by atoms with E-state index in [1.807, 2.05) is 45.0 Å². The predicted octanol–water partition coefficient (Wildman–Crippen LogP) is 4.04. The SMILES string of the molecule is Cc1ccc(S(=O)(=O)N2CCCCC2C)cc1C(=O)NCCCn1c(C)nc2ccccc21. The largest absolute Gasteiger partial charge is 0.352 e. The van der Waals surface area contributed by atoms with Gasteiger partial charge >= 0.3 is 0 Å². The fourth-order valence-corrected chi connectivity index (χ4v) is 6.31. The molecule has 7 nitrogen and oxygen atoms in total. The number of hydrogen-bond donors (Lipinski definition) is 1. The second-order valence-electron chi connectivity index (χ2n) is 8.85. The number of aromatic nitrogens is 2. The lowest BCUT2D eigenvalue weighted by molar-refractivity contribution is 0.0952. The molecule has 2 aromatic carbocycles. The molecule has 176 valence electrons. The molecule has 1 aromatic heterocycles. The number of nitrogens with zero attached hydrogens (tertiary/aromatic N) is 3. The van der Waals surface area contributed by atoms with E-state index in [1.54, 1.807) is 16.4 Å². The van der Waals surface area contributed by atoms with Gasteiger partial charge in [0.1, 0.15) is 5.82 Å². The monoisotopic (exact) mass is 468 g/mol. The molecule has 1 amide bonds. The fraction of sp³-hybridized carbons (Fsp3) is 0.440. The first-order chi connectivity index (χ1) is 15.8. The van der Waals surface area contributed by atoms with E-state index in [9.17, 15) is 13.2 Å². The smallest absolute Gasteiger partial charge is 0.251 e. The molecule has 0 saturated carbocycles. The Bertz CT molecular complexity index is 1270. The number of sulfonamides is 1. The molecular formula is C25H32N4O3S. The van der Waals surface area contributed by atoms with Crippen molar-refractivity contribution >= 4 is 27.0 Å². The number of hydrogen-bond acceptors (Lipinski definition) is 4. The van der Waals surface area contributed by atoms with Crippen molar-refractivity contribution in [3.05, 3.63) is 59.4 Å². The summed E-state index contributed by atoms with van der Waals surface area (Å²) in [5.74, 6) is 0.701. The summed E-state index contributed by atoms with van der Waals surface area (Å²) >= 11 is 0. The van der Waals surface area contributed by atoms with Gasteiger partial charge in [0.25, 0.3) is 5.91 Å². The van der Waals surface area contributed by atoms with Crippen LogP contribution < -0.4 is 5.32 Å². The summed E-state index contributed by atoms with van der Waals surface area (Å²) in [5.41, 5.74) is 3.22. The van der Waals surface area contributed by atoms with Crippen molar-refractivity contribution in [1.82, 2.24) is 19.2 Å². The Labute approximate surface area is 195 Å². The van der Waals surface area contributed by atoms with Gasteiger partial charge in [0.05, 0.1) is 15.9 Å². The summed E-state index contributed by atoms with van der Waals surface area (Å²) < 4.78 is 30.1. The fourth-order valence-electron chi connectivity index (χ4n) is 4.58. The molecule has 1 aliphatic heterocycles. The zero-order valence-electron chi connectivity index (χ0n) is 19.5. The molecule has 1 aliphatic rings. The van der Waals surface area contributed by atoms with Crippen LogP contribution in [0.15, 0.2) is 47.4 Å².